The van der Waals surface area contributed by atoms with Crippen molar-refractivity contribution in [2.24, 2.45) is 12.8 Å². The molecule has 1 atom stereocenters. The van der Waals surface area contributed by atoms with Crippen molar-refractivity contribution < 1.29 is 0 Å². The van der Waals surface area contributed by atoms with E-state index in [1.165, 1.54) is 43.2 Å². The van der Waals surface area contributed by atoms with Gasteiger partial charge in [-0.25, -0.2) is 0 Å². The molecule has 2 N–H and O–H groups in total. The number of allylic oxidation sites excluding steroid dienone is 1. The van der Waals surface area contributed by atoms with Crippen molar-refractivity contribution in [3.8, 4) is 0 Å². The van der Waals surface area contributed by atoms with Crippen LogP contribution in [0.5, 0.6) is 0 Å². The zero-order valence-electron chi connectivity index (χ0n) is 10.9. The topological polar surface area (TPSA) is 43.8 Å². The molecule has 3 nitrogen and oxygen atoms in total. The molecule has 0 saturated heterocycles. The Morgan fingerprint density at radius 1 is 1.29 bits per heavy atom. The molecule has 0 aromatic carbocycles. The Labute approximate surface area is 104 Å². The lowest BCUT2D eigenvalue weighted by molar-refractivity contribution is 0.602. The SMILES string of the molecule is Cc1nn(C)cc1C(N)/C1=C/CCCCCC1. The first kappa shape index (κ1) is 12.4. The predicted octanol–water partition coefficient (Wildman–Crippen LogP) is 3.01. The van der Waals surface area contributed by atoms with Crippen LogP contribution in [0.15, 0.2) is 17.8 Å². The summed E-state index contributed by atoms with van der Waals surface area (Å²) >= 11 is 0. The van der Waals surface area contributed by atoms with Gasteiger partial charge >= 0.3 is 0 Å². The average molecular weight is 233 g/mol. The number of hydrogen-bond donors (Lipinski definition) is 1. The summed E-state index contributed by atoms with van der Waals surface area (Å²) < 4.78 is 1.86. The summed E-state index contributed by atoms with van der Waals surface area (Å²) in [5.74, 6) is 0. The first-order valence-corrected chi connectivity index (χ1v) is 6.63. The summed E-state index contributed by atoms with van der Waals surface area (Å²) in [5, 5.41) is 4.38. The van der Waals surface area contributed by atoms with E-state index >= 15 is 0 Å². The molecular formula is C14H23N3. The Morgan fingerprint density at radius 3 is 2.76 bits per heavy atom. The van der Waals surface area contributed by atoms with Crippen LogP contribution in [0, 0.1) is 6.92 Å². The Hall–Kier alpha value is -1.09. The monoisotopic (exact) mass is 233 g/mol. The van der Waals surface area contributed by atoms with Gasteiger partial charge in [-0.2, -0.15) is 5.10 Å². The third-order valence-corrected chi connectivity index (χ3v) is 3.61. The Kier molecular flexibility index (Phi) is 4.00. The molecule has 1 aliphatic carbocycles. The molecule has 0 bridgehead atoms. The van der Waals surface area contributed by atoms with E-state index in [-0.39, 0.29) is 6.04 Å². The van der Waals surface area contributed by atoms with E-state index in [4.69, 9.17) is 5.73 Å². The summed E-state index contributed by atoms with van der Waals surface area (Å²) in [5.41, 5.74) is 10.0. The predicted molar refractivity (Wildman–Crippen MR) is 70.7 cm³/mol. The third-order valence-electron chi connectivity index (χ3n) is 3.61. The van der Waals surface area contributed by atoms with Crippen LogP contribution in [0.3, 0.4) is 0 Å². The first-order valence-electron chi connectivity index (χ1n) is 6.63. The van der Waals surface area contributed by atoms with Gasteiger partial charge in [0, 0.05) is 18.8 Å². The van der Waals surface area contributed by atoms with Gasteiger partial charge in [-0.1, -0.05) is 24.5 Å². The van der Waals surface area contributed by atoms with Gasteiger partial charge in [0.05, 0.1) is 11.7 Å². The molecule has 0 spiro atoms. The molecule has 1 aromatic rings. The van der Waals surface area contributed by atoms with Crippen LogP contribution in [-0.2, 0) is 7.05 Å². The minimum atomic E-state index is 0.0433. The molecule has 0 radical (unpaired) electrons. The van der Waals surface area contributed by atoms with E-state index in [9.17, 15) is 0 Å². The summed E-state index contributed by atoms with van der Waals surface area (Å²) in [6.45, 7) is 2.04. The molecular weight excluding hydrogens is 210 g/mol. The first-order chi connectivity index (χ1) is 8.18. The second kappa shape index (κ2) is 5.50. The molecule has 0 amide bonds. The minimum Gasteiger partial charge on any atom is -0.320 e. The summed E-state index contributed by atoms with van der Waals surface area (Å²) in [7, 11) is 1.95. The Balaban J connectivity index is 2.17. The Bertz CT molecular complexity index is 404. The zero-order chi connectivity index (χ0) is 12.3. The minimum absolute atomic E-state index is 0.0433. The number of rotatable bonds is 2. The van der Waals surface area contributed by atoms with Crippen LogP contribution in [0.2, 0.25) is 0 Å². The molecule has 2 rings (SSSR count). The fourth-order valence-corrected chi connectivity index (χ4v) is 2.62. The summed E-state index contributed by atoms with van der Waals surface area (Å²) in [6.07, 6.45) is 12.0. The highest BCUT2D eigenvalue weighted by Crippen LogP contribution is 2.28. The summed E-state index contributed by atoms with van der Waals surface area (Å²) in [4.78, 5) is 0. The molecule has 3 heteroatoms. The molecule has 0 aliphatic heterocycles. The van der Waals surface area contributed by atoms with E-state index in [0.29, 0.717) is 0 Å². The Morgan fingerprint density at radius 2 is 2.06 bits per heavy atom. The van der Waals surface area contributed by atoms with Crippen molar-refractivity contribution in [2.75, 3.05) is 0 Å². The zero-order valence-corrected chi connectivity index (χ0v) is 10.9. The lowest BCUT2D eigenvalue weighted by Gasteiger charge is -2.18. The van der Waals surface area contributed by atoms with Gasteiger partial charge in [0.25, 0.3) is 0 Å². The largest absolute Gasteiger partial charge is 0.320 e. The summed E-state index contributed by atoms with van der Waals surface area (Å²) in [6, 6.07) is 0.0433. The molecule has 1 aromatic heterocycles. The molecule has 1 heterocycles. The average Bonchev–Trinajstić information content (AvgIpc) is 2.56. The number of nitrogens with two attached hydrogens (primary N) is 1. The molecule has 0 fully saturated rings. The van der Waals surface area contributed by atoms with Gasteiger partial charge in [0.2, 0.25) is 0 Å². The lowest BCUT2D eigenvalue weighted by Crippen LogP contribution is -2.14. The van der Waals surface area contributed by atoms with Gasteiger partial charge in [-0.15, -0.1) is 0 Å². The number of aromatic nitrogens is 2. The normalized spacial score (nSPS) is 22.4. The maximum Gasteiger partial charge on any atom is 0.0644 e. The lowest BCUT2D eigenvalue weighted by atomic mass is 9.92. The maximum absolute atomic E-state index is 6.38. The van der Waals surface area contributed by atoms with Gasteiger partial charge in [-0.05, 0) is 32.6 Å². The smallest absolute Gasteiger partial charge is 0.0644 e. The van der Waals surface area contributed by atoms with Crippen molar-refractivity contribution >= 4 is 0 Å². The molecule has 0 saturated carbocycles. The molecule has 17 heavy (non-hydrogen) atoms. The van der Waals surface area contributed by atoms with Crippen LogP contribution in [0.25, 0.3) is 0 Å². The van der Waals surface area contributed by atoms with Crippen LogP contribution >= 0.6 is 0 Å². The fraction of sp³-hybridized carbons (Fsp3) is 0.643. The number of nitrogens with zero attached hydrogens (tertiary/aromatic N) is 2. The number of aryl methyl sites for hydroxylation is 2. The van der Waals surface area contributed by atoms with Gasteiger partial charge < -0.3 is 5.73 Å². The van der Waals surface area contributed by atoms with E-state index in [1.807, 2.05) is 18.7 Å². The van der Waals surface area contributed by atoms with Crippen molar-refractivity contribution in [3.05, 3.63) is 29.1 Å². The maximum atomic E-state index is 6.38. The van der Waals surface area contributed by atoms with E-state index in [2.05, 4.69) is 17.4 Å². The highest BCUT2D eigenvalue weighted by atomic mass is 15.2. The van der Waals surface area contributed by atoms with Crippen LogP contribution < -0.4 is 5.73 Å². The van der Waals surface area contributed by atoms with Crippen LogP contribution in [-0.4, -0.2) is 9.78 Å². The third kappa shape index (κ3) is 2.97. The quantitative estimate of drug-likeness (QED) is 0.798. The van der Waals surface area contributed by atoms with Gasteiger partial charge in [-0.3, -0.25) is 4.68 Å². The van der Waals surface area contributed by atoms with E-state index in [0.717, 1.165) is 12.1 Å². The number of hydrogen-bond acceptors (Lipinski definition) is 2. The van der Waals surface area contributed by atoms with Crippen molar-refractivity contribution in [3.63, 3.8) is 0 Å². The van der Waals surface area contributed by atoms with E-state index in [1.54, 1.807) is 0 Å². The highest BCUT2D eigenvalue weighted by molar-refractivity contribution is 5.29. The van der Waals surface area contributed by atoms with Crippen molar-refractivity contribution in [2.45, 2.75) is 51.5 Å². The molecule has 1 aliphatic rings. The standard InChI is InChI=1S/C14H23N3/c1-11-13(10-17(2)16-11)14(15)12-8-6-4-3-5-7-9-12/h8,10,14H,3-7,9,15H2,1-2H3/b12-8+. The van der Waals surface area contributed by atoms with Crippen molar-refractivity contribution in [1.82, 2.24) is 9.78 Å². The van der Waals surface area contributed by atoms with Gasteiger partial charge in [0.15, 0.2) is 0 Å². The second-order valence-corrected chi connectivity index (χ2v) is 5.05. The van der Waals surface area contributed by atoms with Crippen LogP contribution in [0.1, 0.15) is 55.8 Å². The highest BCUT2D eigenvalue weighted by Gasteiger charge is 2.16. The van der Waals surface area contributed by atoms with Crippen molar-refractivity contribution in [1.29, 1.82) is 0 Å². The van der Waals surface area contributed by atoms with E-state index < -0.39 is 0 Å². The fourth-order valence-electron chi connectivity index (χ4n) is 2.62. The molecule has 94 valence electrons. The second-order valence-electron chi connectivity index (χ2n) is 5.05. The van der Waals surface area contributed by atoms with Crippen LogP contribution in [0.4, 0.5) is 0 Å². The van der Waals surface area contributed by atoms with Gasteiger partial charge in [0.1, 0.15) is 0 Å². The molecule has 1 unspecified atom stereocenters.